The van der Waals surface area contributed by atoms with Crippen LogP contribution in [0.5, 0.6) is 5.75 Å². The largest absolute Gasteiger partial charge is 0.493 e. The second-order valence-electron chi connectivity index (χ2n) is 7.69. The number of amides is 2. The van der Waals surface area contributed by atoms with Gasteiger partial charge >= 0.3 is 0 Å². The number of nitrogens with zero attached hydrogens (tertiary/aromatic N) is 1. The van der Waals surface area contributed by atoms with Crippen LogP contribution in [0.3, 0.4) is 0 Å². The van der Waals surface area contributed by atoms with Gasteiger partial charge in [0, 0.05) is 24.5 Å². The molecular formula is C24H30FN3O3. The van der Waals surface area contributed by atoms with Gasteiger partial charge in [-0.2, -0.15) is 0 Å². The van der Waals surface area contributed by atoms with Gasteiger partial charge in [0.25, 0.3) is 0 Å². The van der Waals surface area contributed by atoms with Crippen LogP contribution in [0.15, 0.2) is 48.5 Å². The fourth-order valence-corrected chi connectivity index (χ4v) is 3.60. The molecule has 1 aliphatic heterocycles. The Bertz CT molecular complexity index is 867. The number of benzene rings is 2. The van der Waals surface area contributed by atoms with Gasteiger partial charge in [-0.15, -0.1) is 0 Å². The lowest BCUT2D eigenvalue weighted by atomic mass is 10.1. The van der Waals surface area contributed by atoms with Crippen molar-refractivity contribution in [3.8, 4) is 5.75 Å². The van der Waals surface area contributed by atoms with Gasteiger partial charge in [-0.1, -0.05) is 19.4 Å². The molecule has 1 atom stereocenters. The summed E-state index contributed by atoms with van der Waals surface area (Å²) in [7, 11) is 0. The zero-order chi connectivity index (χ0) is 22.1. The van der Waals surface area contributed by atoms with E-state index in [9.17, 15) is 14.0 Å². The molecule has 0 spiro atoms. The maximum Gasteiger partial charge on any atom is 0.246 e. The molecule has 2 amide bonds. The van der Waals surface area contributed by atoms with Gasteiger partial charge in [0.2, 0.25) is 11.8 Å². The normalized spacial score (nSPS) is 14.2. The minimum Gasteiger partial charge on any atom is -0.493 e. The van der Waals surface area contributed by atoms with E-state index in [0.717, 1.165) is 30.9 Å². The standard InChI is InChI=1S/C24H30FN3O3/c1-2-6-22(27-23(29)13-16-31-21-11-9-18(25)10-12-21)24(30)26-19-7-5-8-20(17-19)28-14-3-4-15-28/h5,7-12,17,22H,2-4,6,13-16H2,1H3,(H,26,30)(H,27,29). The average molecular weight is 428 g/mol. The molecule has 2 aromatic carbocycles. The summed E-state index contributed by atoms with van der Waals surface area (Å²) >= 11 is 0. The van der Waals surface area contributed by atoms with Gasteiger partial charge < -0.3 is 20.3 Å². The minimum absolute atomic E-state index is 0.106. The Morgan fingerprint density at radius 1 is 1.13 bits per heavy atom. The zero-order valence-electron chi connectivity index (χ0n) is 17.9. The first-order chi connectivity index (χ1) is 15.0. The van der Waals surface area contributed by atoms with E-state index in [2.05, 4.69) is 15.5 Å². The number of halogens is 1. The summed E-state index contributed by atoms with van der Waals surface area (Å²) in [6, 6.07) is 12.8. The highest BCUT2D eigenvalue weighted by atomic mass is 19.1. The van der Waals surface area contributed by atoms with Crippen molar-refractivity contribution < 1.29 is 18.7 Å². The van der Waals surface area contributed by atoms with Crippen LogP contribution in [-0.4, -0.2) is 37.6 Å². The van der Waals surface area contributed by atoms with Gasteiger partial charge in [0.15, 0.2) is 0 Å². The maximum absolute atomic E-state index is 12.9. The van der Waals surface area contributed by atoms with E-state index >= 15 is 0 Å². The number of anilines is 2. The topological polar surface area (TPSA) is 70.7 Å². The molecule has 1 unspecified atom stereocenters. The molecule has 31 heavy (non-hydrogen) atoms. The van der Waals surface area contributed by atoms with E-state index in [4.69, 9.17) is 4.74 Å². The maximum atomic E-state index is 12.9. The highest BCUT2D eigenvalue weighted by Crippen LogP contribution is 2.23. The van der Waals surface area contributed by atoms with Crippen molar-refractivity contribution in [3.05, 3.63) is 54.3 Å². The molecule has 7 heteroatoms. The molecule has 2 aromatic rings. The first kappa shape index (κ1) is 22.6. The van der Waals surface area contributed by atoms with Crippen LogP contribution in [0.1, 0.15) is 39.0 Å². The van der Waals surface area contributed by atoms with E-state index in [0.29, 0.717) is 12.2 Å². The molecule has 166 valence electrons. The van der Waals surface area contributed by atoms with Crippen molar-refractivity contribution in [1.29, 1.82) is 0 Å². The van der Waals surface area contributed by atoms with E-state index in [1.165, 1.54) is 37.1 Å². The Morgan fingerprint density at radius 3 is 2.58 bits per heavy atom. The summed E-state index contributed by atoms with van der Waals surface area (Å²) < 4.78 is 18.4. The highest BCUT2D eigenvalue weighted by Gasteiger charge is 2.20. The molecule has 0 aromatic heterocycles. The summed E-state index contributed by atoms with van der Waals surface area (Å²) in [6.45, 7) is 4.19. The van der Waals surface area contributed by atoms with E-state index < -0.39 is 6.04 Å². The Balaban J connectivity index is 1.50. The van der Waals surface area contributed by atoms with Crippen LogP contribution in [-0.2, 0) is 9.59 Å². The Labute approximate surface area is 182 Å². The van der Waals surface area contributed by atoms with Crippen molar-refractivity contribution in [3.63, 3.8) is 0 Å². The molecule has 6 nitrogen and oxygen atoms in total. The molecule has 1 saturated heterocycles. The van der Waals surface area contributed by atoms with E-state index in [-0.39, 0.29) is 30.7 Å². The van der Waals surface area contributed by atoms with Gasteiger partial charge in [-0.05, 0) is 61.7 Å². The SMILES string of the molecule is CCCC(NC(=O)CCOc1ccc(F)cc1)C(=O)Nc1cccc(N2CCCC2)c1. The quantitative estimate of drug-likeness (QED) is 0.598. The smallest absolute Gasteiger partial charge is 0.246 e. The van der Waals surface area contributed by atoms with Crippen molar-refractivity contribution in [2.24, 2.45) is 0 Å². The molecule has 0 saturated carbocycles. The van der Waals surface area contributed by atoms with Gasteiger partial charge in [0.1, 0.15) is 17.6 Å². The molecule has 0 bridgehead atoms. The highest BCUT2D eigenvalue weighted by molar-refractivity contribution is 5.97. The lowest BCUT2D eigenvalue weighted by Crippen LogP contribution is -2.44. The lowest BCUT2D eigenvalue weighted by molar-refractivity contribution is -0.127. The third kappa shape index (κ3) is 6.98. The Morgan fingerprint density at radius 2 is 1.87 bits per heavy atom. The predicted molar refractivity (Wildman–Crippen MR) is 120 cm³/mol. The fraction of sp³-hybridized carbons (Fsp3) is 0.417. The van der Waals surface area contributed by atoms with Crippen LogP contribution < -0.4 is 20.3 Å². The number of hydrogen-bond donors (Lipinski definition) is 2. The molecule has 1 aliphatic rings. The summed E-state index contributed by atoms with van der Waals surface area (Å²) in [5.41, 5.74) is 1.83. The van der Waals surface area contributed by atoms with Crippen LogP contribution in [0.2, 0.25) is 0 Å². The minimum atomic E-state index is -0.612. The summed E-state index contributed by atoms with van der Waals surface area (Å²) in [5.74, 6) is -0.339. The number of carbonyl (C=O) groups is 2. The average Bonchev–Trinajstić information content (AvgIpc) is 3.30. The molecule has 0 aliphatic carbocycles. The van der Waals surface area contributed by atoms with Crippen molar-refractivity contribution in [1.82, 2.24) is 5.32 Å². The number of carbonyl (C=O) groups excluding carboxylic acids is 2. The molecule has 0 radical (unpaired) electrons. The lowest BCUT2D eigenvalue weighted by Gasteiger charge is -2.20. The third-order valence-electron chi connectivity index (χ3n) is 5.23. The van der Waals surface area contributed by atoms with Crippen molar-refractivity contribution >= 4 is 23.2 Å². The molecular weight excluding hydrogens is 397 g/mol. The zero-order valence-corrected chi connectivity index (χ0v) is 17.9. The van der Waals surface area contributed by atoms with E-state index in [1.54, 1.807) is 0 Å². The molecule has 3 rings (SSSR count). The Hall–Kier alpha value is -3.09. The van der Waals surface area contributed by atoms with Crippen LogP contribution in [0.4, 0.5) is 15.8 Å². The predicted octanol–water partition coefficient (Wildman–Crippen LogP) is 4.12. The number of ether oxygens (including phenoxy) is 1. The number of nitrogens with one attached hydrogen (secondary N) is 2. The third-order valence-corrected chi connectivity index (χ3v) is 5.23. The summed E-state index contributed by atoms with van der Waals surface area (Å²) in [5, 5.41) is 5.74. The van der Waals surface area contributed by atoms with Crippen molar-refractivity contribution in [2.75, 3.05) is 29.9 Å². The Kier molecular flexibility index (Phi) is 8.27. The molecule has 1 heterocycles. The van der Waals surface area contributed by atoms with E-state index in [1.807, 2.05) is 31.2 Å². The van der Waals surface area contributed by atoms with Gasteiger partial charge in [-0.3, -0.25) is 9.59 Å². The summed E-state index contributed by atoms with van der Waals surface area (Å²) in [6.07, 6.45) is 3.79. The van der Waals surface area contributed by atoms with Crippen LogP contribution in [0, 0.1) is 5.82 Å². The molecule has 1 fully saturated rings. The van der Waals surface area contributed by atoms with Crippen LogP contribution in [0.25, 0.3) is 0 Å². The van der Waals surface area contributed by atoms with Crippen molar-refractivity contribution in [2.45, 2.75) is 45.1 Å². The van der Waals surface area contributed by atoms with Gasteiger partial charge in [0.05, 0.1) is 13.0 Å². The first-order valence-corrected chi connectivity index (χ1v) is 10.9. The molecule has 2 N–H and O–H groups in total. The second-order valence-corrected chi connectivity index (χ2v) is 7.69. The van der Waals surface area contributed by atoms with Crippen LogP contribution >= 0.6 is 0 Å². The second kappa shape index (κ2) is 11.3. The number of hydrogen-bond acceptors (Lipinski definition) is 4. The van der Waals surface area contributed by atoms with Gasteiger partial charge in [-0.25, -0.2) is 4.39 Å². The first-order valence-electron chi connectivity index (χ1n) is 10.9. The number of rotatable bonds is 10. The summed E-state index contributed by atoms with van der Waals surface area (Å²) in [4.78, 5) is 27.4. The monoisotopic (exact) mass is 427 g/mol. The fourth-order valence-electron chi connectivity index (χ4n) is 3.60.